The van der Waals surface area contributed by atoms with Crippen LogP contribution in [0.1, 0.15) is 98.3 Å². The van der Waals surface area contributed by atoms with Gasteiger partial charge in [-0.2, -0.15) is 0 Å². The van der Waals surface area contributed by atoms with Crippen LogP contribution >= 0.6 is 0 Å². The van der Waals surface area contributed by atoms with Gasteiger partial charge in [-0.3, -0.25) is 4.79 Å². The Hall–Kier alpha value is -2.17. The molecule has 37 heavy (non-hydrogen) atoms. The van der Waals surface area contributed by atoms with E-state index in [4.69, 9.17) is 9.16 Å². The van der Waals surface area contributed by atoms with Gasteiger partial charge in [0.05, 0.1) is 0 Å². The first-order valence-electron chi connectivity index (χ1n) is 14.5. The Morgan fingerprint density at radius 1 is 0.892 bits per heavy atom. The Kier molecular flexibility index (Phi) is 11.7. The molecular weight excluding hydrogens is 472 g/mol. The molecule has 0 unspecified atom stereocenters. The molecule has 4 heteroatoms. The molecule has 0 radical (unpaired) electrons. The van der Waals surface area contributed by atoms with E-state index in [0.29, 0.717) is 12.8 Å². The molecule has 0 aromatic heterocycles. The van der Waals surface area contributed by atoms with E-state index in [2.05, 4.69) is 101 Å². The summed E-state index contributed by atoms with van der Waals surface area (Å²) in [6.45, 7) is 9.15. The number of hydrogen-bond acceptors (Lipinski definition) is 3. The number of benzene rings is 2. The van der Waals surface area contributed by atoms with E-state index in [1.54, 1.807) is 0 Å². The molecule has 2 aromatic rings. The summed E-state index contributed by atoms with van der Waals surface area (Å²) in [6, 6.07) is 21.4. The molecule has 0 N–H and O–H groups in total. The van der Waals surface area contributed by atoms with Gasteiger partial charge in [0, 0.05) is 6.42 Å². The van der Waals surface area contributed by atoms with Gasteiger partial charge in [0.25, 0.3) is 8.32 Å². The van der Waals surface area contributed by atoms with Crippen LogP contribution in [0, 0.1) is 0 Å². The monoisotopic (exact) mass is 520 g/mol. The standard InChI is InChI=1S/C33H48O3Si/c1-5-6-7-8-9-10-11-12-13-20-25-31(30-26-27-32(34)35-30)36-37(33(2,3)4,28-21-16-14-17-22-28)29-23-18-15-19-24-29/h14-25,30-31H,5-13,26-27H2,1-4H3/t30-,31-/m1/s1. The van der Waals surface area contributed by atoms with E-state index in [9.17, 15) is 4.79 Å². The Morgan fingerprint density at radius 2 is 1.43 bits per heavy atom. The van der Waals surface area contributed by atoms with Gasteiger partial charge in [-0.05, 0) is 34.7 Å². The summed E-state index contributed by atoms with van der Waals surface area (Å²) < 4.78 is 13.2. The van der Waals surface area contributed by atoms with Gasteiger partial charge in [0.15, 0.2) is 0 Å². The molecule has 3 nitrogen and oxygen atoms in total. The van der Waals surface area contributed by atoms with Gasteiger partial charge in [-0.1, -0.05) is 145 Å². The quantitative estimate of drug-likeness (QED) is 0.104. The van der Waals surface area contributed by atoms with Crippen LogP contribution in [0.25, 0.3) is 0 Å². The zero-order chi connectivity index (χ0) is 26.6. The molecule has 1 heterocycles. The molecule has 0 bridgehead atoms. The van der Waals surface area contributed by atoms with Crippen molar-refractivity contribution < 1.29 is 14.0 Å². The van der Waals surface area contributed by atoms with Crippen molar-refractivity contribution in [1.29, 1.82) is 0 Å². The minimum atomic E-state index is -2.74. The molecule has 1 saturated heterocycles. The highest BCUT2D eigenvalue weighted by atomic mass is 28.4. The molecular formula is C33H48O3Si. The van der Waals surface area contributed by atoms with Gasteiger partial charge in [-0.15, -0.1) is 0 Å². The first-order chi connectivity index (χ1) is 17.9. The minimum Gasteiger partial charge on any atom is -0.459 e. The van der Waals surface area contributed by atoms with E-state index in [0.717, 1.165) is 6.42 Å². The molecule has 0 saturated carbocycles. The smallest absolute Gasteiger partial charge is 0.306 e. The fourth-order valence-electron chi connectivity index (χ4n) is 5.54. The summed E-state index contributed by atoms with van der Waals surface area (Å²) in [7, 11) is -2.74. The number of hydrogen-bond donors (Lipinski definition) is 0. The van der Waals surface area contributed by atoms with E-state index in [1.807, 2.05) is 0 Å². The van der Waals surface area contributed by atoms with Gasteiger partial charge in [-0.25, -0.2) is 0 Å². The second-order valence-electron chi connectivity index (χ2n) is 11.5. The Bertz CT molecular complexity index is 909. The number of cyclic esters (lactones) is 1. The van der Waals surface area contributed by atoms with Crippen molar-refractivity contribution >= 4 is 24.7 Å². The van der Waals surface area contributed by atoms with Crippen LogP contribution in [-0.4, -0.2) is 26.5 Å². The molecule has 1 fully saturated rings. The molecule has 202 valence electrons. The van der Waals surface area contributed by atoms with Crippen LogP contribution < -0.4 is 10.4 Å². The minimum absolute atomic E-state index is 0.113. The maximum absolute atomic E-state index is 12.1. The normalized spacial score (nSPS) is 17.3. The lowest BCUT2D eigenvalue weighted by Gasteiger charge is -2.45. The lowest BCUT2D eigenvalue weighted by atomic mass is 10.1. The maximum Gasteiger partial charge on any atom is 0.306 e. The fourth-order valence-corrected chi connectivity index (χ4v) is 10.2. The van der Waals surface area contributed by atoms with Crippen LogP contribution in [0.3, 0.4) is 0 Å². The Morgan fingerprint density at radius 3 is 1.92 bits per heavy atom. The van der Waals surface area contributed by atoms with Crippen LogP contribution in [0.5, 0.6) is 0 Å². The second-order valence-corrected chi connectivity index (χ2v) is 15.8. The highest BCUT2D eigenvalue weighted by Crippen LogP contribution is 2.39. The van der Waals surface area contributed by atoms with Gasteiger partial charge in [0.2, 0.25) is 0 Å². The number of unbranched alkanes of at least 4 members (excludes halogenated alkanes) is 8. The number of esters is 1. The Balaban J connectivity index is 1.81. The van der Waals surface area contributed by atoms with Crippen molar-refractivity contribution in [2.75, 3.05) is 0 Å². The molecule has 1 aliphatic heterocycles. The average molecular weight is 521 g/mol. The summed E-state index contributed by atoms with van der Waals surface area (Å²) in [5.74, 6) is -0.113. The van der Waals surface area contributed by atoms with Crippen molar-refractivity contribution in [2.24, 2.45) is 0 Å². The molecule has 2 aromatic carbocycles. The van der Waals surface area contributed by atoms with Crippen molar-refractivity contribution in [3.8, 4) is 0 Å². The summed E-state index contributed by atoms with van der Waals surface area (Å²) in [4.78, 5) is 12.1. The average Bonchev–Trinajstić information content (AvgIpc) is 3.33. The summed E-state index contributed by atoms with van der Waals surface area (Å²) in [5.41, 5.74) is 0. The lowest BCUT2D eigenvalue weighted by Crippen LogP contribution is -2.68. The predicted molar refractivity (Wildman–Crippen MR) is 158 cm³/mol. The third-order valence-electron chi connectivity index (χ3n) is 7.56. The summed E-state index contributed by atoms with van der Waals surface area (Å²) in [6.07, 6.45) is 16.7. The second kappa shape index (κ2) is 14.7. The number of allylic oxidation sites excluding steroid dienone is 1. The molecule has 0 spiro atoms. The highest BCUT2D eigenvalue weighted by molar-refractivity contribution is 6.99. The fraction of sp³-hybridized carbons (Fsp3) is 0.545. The lowest BCUT2D eigenvalue weighted by molar-refractivity contribution is -0.143. The van der Waals surface area contributed by atoms with E-state index < -0.39 is 8.32 Å². The zero-order valence-electron chi connectivity index (χ0n) is 23.6. The third kappa shape index (κ3) is 8.15. The first kappa shape index (κ1) is 29.4. The first-order valence-corrected chi connectivity index (χ1v) is 16.4. The van der Waals surface area contributed by atoms with Crippen LogP contribution in [-0.2, 0) is 14.0 Å². The van der Waals surface area contributed by atoms with Gasteiger partial charge >= 0.3 is 5.97 Å². The number of carbonyl (C=O) groups is 1. The number of ether oxygens (including phenoxy) is 1. The summed E-state index contributed by atoms with van der Waals surface area (Å²) >= 11 is 0. The molecule has 2 atom stereocenters. The summed E-state index contributed by atoms with van der Waals surface area (Å²) in [5, 5.41) is 2.38. The van der Waals surface area contributed by atoms with E-state index >= 15 is 0 Å². The molecule has 0 amide bonds. The molecule has 3 rings (SSSR count). The largest absolute Gasteiger partial charge is 0.459 e. The zero-order valence-corrected chi connectivity index (χ0v) is 24.6. The van der Waals surface area contributed by atoms with Crippen LogP contribution in [0.2, 0.25) is 5.04 Å². The van der Waals surface area contributed by atoms with Gasteiger partial charge in [0.1, 0.15) is 12.2 Å². The third-order valence-corrected chi connectivity index (χ3v) is 12.6. The molecule has 0 aliphatic carbocycles. The maximum atomic E-state index is 12.1. The van der Waals surface area contributed by atoms with Crippen molar-refractivity contribution in [3.63, 3.8) is 0 Å². The highest BCUT2D eigenvalue weighted by Gasteiger charge is 2.52. The van der Waals surface area contributed by atoms with Crippen molar-refractivity contribution in [3.05, 3.63) is 72.8 Å². The van der Waals surface area contributed by atoms with Crippen LogP contribution in [0.4, 0.5) is 0 Å². The van der Waals surface area contributed by atoms with Crippen molar-refractivity contribution in [2.45, 2.75) is 116 Å². The van der Waals surface area contributed by atoms with E-state index in [-0.39, 0.29) is 23.2 Å². The Labute approximate surface area is 226 Å². The number of rotatable bonds is 15. The van der Waals surface area contributed by atoms with Crippen LogP contribution in [0.15, 0.2) is 72.8 Å². The SMILES string of the molecule is CCCCCCCCCCC=C[C@@H](O[Si](c1ccccc1)(c1ccccc1)C(C)(C)C)[C@H]1CCC(=O)O1. The molecule has 1 aliphatic rings. The van der Waals surface area contributed by atoms with E-state index in [1.165, 1.54) is 61.7 Å². The van der Waals surface area contributed by atoms with Gasteiger partial charge < -0.3 is 9.16 Å². The predicted octanol–water partition coefficient (Wildman–Crippen LogP) is 7.72. The number of carbonyl (C=O) groups excluding carboxylic acids is 1. The van der Waals surface area contributed by atoms with Crippen molar-refractivity contribution in [1.82, 2.24) is 0 Å². The topological polar surface area (TPSA) is 35.5 Å².